The first-order valence-corrected chi connectivity index (χ1v) is 6.05. The minimum absolute atomic E-state index is 0.345. The van der Waals surface area contributed by atoms with Gasteiger partial charge in [0.05, 0.1) is 11.4 Å². The smallest absolute Gasteiger partial charge is 0.328 e. The number of benzene rings is 1. The average molecular weight is 297 g/mol. The van der Waals surface area contributed by atoms with Gasteiger partial charge < -0.3 is 9.84 Å². The van der Waals surface area contributed by atoms with Crippen molar-refractivity contribution >= 4 is 27.5 Å². The maximum absolute atomic E-state index is 10.9. The van der Waals surface area contributed by atoms with E-state index in [1.807, 2.05) is 25.1 Å². The Bertz CT molecular complexity index is 503. The lowest BCUT2D eigenvalue weighted by atomic mass is 10.0. The van der Waals surface area contributed by atoms with Gasteiger partial charge in [-0.25, -0.2) is 4.79 Å². The van der Waals surface area contributed by atoms with Crippen LogP contribution in [0.3, 0.4) is 0 Å². The van der Waals surface area contributed by atoms with Crippen molar-refractivity contribution in [1.82, 2.24) is 0 Å². The van der Waals surface area contributed by atoms with Crippen molar-refractivity contribution in [2.75, 3.05) is 7.11 Å². The molecule has 0 saturated heterocycles. The van der Waals surface area contributed by atoms with Gasteiger partial charge in [-0.3, -0.25) is 0 Å². The molecule has 1 aliphatic rings. The number of rotatable bonds is 2. The van der Waals surface area contributed by atoms with Crippen LogP contribution >= 0.6 is 15.9 Å². The van der Waals surface area contributed by atoms with Crippen LogP contribution < -0.4 is 4.74 Å². The van der Waals surface area contributed by atoms with Gasteiger partial charge in [-0.1, -0.05) is 28.1 Å². The second kappa shape index (κ2) is 4.18. The monoisotopic (exact) mass is 296 g/mol. The standard InChI is InChI=1S/C13H13BrO3/c1-13(14)7-8-4-3-5-10(17-2)12(8)9(13)6-11(15)16/h3-6H,7H2,1-2H3,(H,15,16). The van der Waals surface area contributed by atoms with Gasteiger partial charge in [0.25, 0.3) is 0 Å². The number of carboxylic acids is 1. The van der Waals surface area contributed by atoms with Crippen LogP contribution in [0.5, 0.6) is 5.75 Å². The van der Waals surface area contributed by atoms with E-state index >= 15 is 0 Å². The number of hydrogen-bond acceptors (Lipinski definition) is 2. The van der Waals surface area contributed by atoms with E-state index in [0.717, 1.165) is 28.9 Å². The molecular formula is C13H13BrO3. The summed E-state index contributed by atoms with van der Waals surface area (Å²) >= 11 is 3.59. The summed E-state index contributed by atoms with van der Waals surface area (Å²) in [5, 5.41) is 8.96. The van der Waals surface area contributed by atoms with Gasteiger partial charge in [-0.05, 0) is 30.5 Å². The quantitative estimate of drug-likeness (QED) is 0.674. The van der Waals surface area contributed by atoms with Crippen LogP contribution in [0.25, 0.3) is 5.57 Å². The van der Waals surface area contributed by atoms with E-state index in [4.69, 9.17) is 9.84 Å². The van der Waals surface area contributed by atoms with Crippen molar-refractivity contribution < 1.29 is 14.6 Å². The molecule has 0 fully saturated rings. The third kappa shape index (κ3) is 2.09. The summed E-state index contributed by atoms with van der Waals surface area (Å²) in [5.41, 5.74) is 2.77. The number of ether oxygens (including phenoxy) is 1. The van der Waals surface area contributed by atoms with Gasteiger partial charge in [-0.2, -0.15) is 0 Å². The number of carboxylic acid groups (broad SMARTS) is 1. The predicted octanol–water partition coefficient (Wildman–Crippen LogP) is 2.87. The van der Waals surface area contributed by atoms with E-state index in [1.54, 1.807) is 7.11 Å². The number of allylic oxidation sites excluding steroid dienone is 1. The fraction of sp³-hybridized carbons (Fsp3) is 0.308. The van der Waals surface area contributed by atoms with Gasteiger partial charge in [0, 0.05) is 11.6 Å². The number of halogens is 1. The molecule has 0 spiro atoms. The molecular weight excluding hydrogens is 284 g/mol. The molecule has 0 saturated carbocycles. The van der Waals surface area contributed by atoms with Crippen LogP contribution in [0.15, 0.2) is 24.3 Å². The highest BCUT2D eigenvalue weighted by Gasteiger charge is 2.37. The molecule has 0 radical (unpaired) electrons. The summed E-state index contributed by atoms with van der Waals surface area (Å²) in [7, 11) is 1.60. The second-order valence-corrected chi connectivity index (χ2v) is 6.02. The van der Waals surface area contributed by atoms with Crippen molar-refractivity contribution in [3.63, 3.8) is 0 Å². The summed E-state index contributed by atoms with van der Waals surface area (Å²) in [6, 6.07) is 5.77. The molecule has 0 amide bonds. The Kier molecular flexibility index (Phi) is 3.00. The summed E-state index contributed by atoms with van der Waals surface area (Å²) in [6.07, 6.45) is 2.02. The van der Waals surface area contributed by atoms with Crippen molar-refractivity contribution in [1.29, 1.82) is 0 Å². The van der Waals surface area contributed by atoms with Crippen LogP contribution in [0.1, 0.15) is 18.1 Å². The highest BCUT2D eigenvalue weighted by atomic mass is 79.9. The number of hydrogen-bond donors (Lipinski definition) is 1. The first-order chi connectivity index (χ1) is 7.95. The minimum atomic E-state index is -0.940. The second-order valence-electron chi connectivity index (χ2n) is 4.26. The molecule has 1 N–H and O–H groups in total. The first-order valence-electron chi connectivity index (χ1n) is 5.26. The highest BCUT2D eigenvalue weighted by Crippen LogP contribution is 2.49. The number of aliphatic carboxylic acids is 1. The molecule has 90 valence electrons. The largest absolute Gasteiger partial charge is 0.496 e. The molecule has 1 aromatic rings. The van der Waals surface area contributed by atoms with Crippen molar-refractivity contribution in [2.24, 2.45) is 0 Å². The van der Waals surface area contributed by atoms with E-state index in [1.165, 1.54) is 6.08 Å². The Labute approximate surface area is 108 Å². The summed E-state index contributed by atoms with van der Waals surface area (Å²) in [5.74, 6) is -0.220. The lowest BCUT2D eigenvalue weighted by molar-refractivity contribution is -0.131. The van der Waals surface area contributed by atoms with Crippen LogP contribution in [-0.4, -0.2) is 22.5 Å². The molecule has 1 atom stereocenters. The Morgan fingerprint density at radius 3 is 2.88 bits per heavy atom. The normalized spacial score (nSPS) is 24.8. The zero-order valence-corrected chi connectivity index (χ0v) is 11.2. The van der Waals surface area contributed by atoms with Crippen LogP contribution in [0, 0.1) is 0 Å². The molecule has 0 bridgehead atoms. The summed E-state index contributed by atoms with van der Waals surface area (Å²) in [6.45, 7) is 1.97. The molecule has 4 heteroatoms. The Morgan fingerprint density at radius 2 is 2.29 bits per heavy atom. The number of alkyl halides is 1. The van der Waals surface area contributed by atoms with Crippen molar-refractivity contribution in [3.8, 4) is 5.75 Å². The molecule has 17 heavy (non-hydrogen) atoms. The van der Waals surface area contributed by atoms with Gasteiger partial charge in [-0.15, -0.1) is 0 Å². The first kappa shape index (κ1) is 12.2. The molecule has 2 rings (SSSR count). The molecule has 1 unspecified atom stereocenters. The van der Waals surface area contributed by atoms with Crippen LogP contribution in [0.2, 0.25) is 0 Å². The SMILES string of the molecule is COc1cccc2c1C(=CC(=O)O)C(C)(Br)C2. The van der Waals surface area contributed by atoms with E-state index in [2.05, 4.69) is 15.9 Å². The van der Waals surface area contributed by atoms with Crippen molar-refractivity contribution in [2.45, 2.75) is 17.7 Å². The van der Waals surface area contributed by atoms with Crippen LogP contribution in [-0.2, 0) is 11.2 Å². The van der Waals surface area contributed by atoms with E-state index in [9.17, 15) is 4.79 Å². The molecule has 1 aliphatic carbocycles. The molecule has 0 aromatic heterocycles. The predicted molar refractivity (Wildman–Crippen MR) is 69.6 cm³/mol. The minimum Gasteiger partial charge on any atom is -0.496 e. The number of methoxy groups -OCH3 is 1. The molecule has 0 aliphatic heterocycles. The molecule has 1 aromatic carbocycles. The lowest BCUT2D eigenvalue weighted by Gasteiger charge is -2.17. The zero-order chi connectivity index (χ0) is 12.6. The maximum atomic E-state index is 10.9. The molecule has 3 nitrogen and oxygen atoms in total. The number of carbonyl (C=O) groups is 1. The van der Waals surface area contributed by atoms with Gasteiger partial charge in [0.15, 0.2) is 0 Å². The van der Waals surface area contributed by atoms with E-state index in [-0.39, 0.29) is 4.32 Å². The fourth-order valence-electron chi connectivity index (χ4n) is 2.26. The van der Waals surface area contributed by atoms with Gasteiger partial charge >= 0.3 is 5.97 Å². The van der Waals surface area contributed by atoms with E-state index in [0.29, 0.717) is 0 Å². The van der Waals surface area contributed by atoms with Crippen molar-refractivity contribution in [3.05, 3.63) is 35.4 Å². The topological polar surface area (TPSA) is 46.5 Å². The summed E-state index contributed by atoms with van der Waals surface area (Å²) < 4.78 is 4.96. The Balaban J connectivity index is 2.66. The number of fused-ring (bicyclic) bond motifs is 1. The lowest BCUT2D eigenvalue weighted by Crippen LogP contribution is -2.15. The zero-order valence-electron chi connectivity index (χ0n) is 9.66. The van der Waals surface area contributed by atoms with Crippen LogP contribution in [0.4, 0.5) is 0 Å². The maximum Gasteiger partial charge on any atom is 0.328 e. The van der Waals surface area contributed by atoms with Gasteiger partial charge in [0.2, 0.25) is 0 Å². The average Bonchev–Trinajstić information content (AvgIpc) is 2.49. The fourth-order valence-corrected chi connectivity index (χ4v) is 2.87. The molecule has 0 heterocycles. The van der Waals surface area contributed by atoms with Gasteiger partial charge in [0.1, 0.15) is 5.75 Å². The van der Waals surface area contributed by atoms with E-state index < -0.39 is 5.97 Å². The summed E-state index contributed by atoms with van der Waals surface area (Å²) in [4.78, 5) is 10.9. The third-order valence-electron chi connectivity index (χ3n) is 2.95. The third-order valence-corrected chi connectivity index (χ3v) is 3.66. The Hall–Kier alpha value is -1.29. The highest BCUT2D eigenvalue weighted by molar-refractivity contribution is 9.10. The Morgan fingerprint density at radius 1 is 1.59 bits per heavy atom.